The van der Waals surface area contributed by atoms with E-state index in [1.54, 1.807) is 19.2 Å². The van der Waals surface area contributed by atoms with Gasteiger partial charge in [-0.2, -0.15) is 0 Å². The molecule has 0 aromatic heterocycles. The van der Waals surface area contributed by atoms with Crippen LogP contribution in [0.3, 0.4) is 0 Å². The van der Waals surface area contributed by atoms with Crippen LogP contribution in [-0.4, -0.2) is 49.6 Å². The Hall–Kier alpha value is -3.55. The van der Waals surface area contributed by atoms with Gasteiger partial charge >= 0.3 is 6.03 Å². The summed E-state index contributed by atoms with van der Waals surface area (Å²) >= 11 is 0. The first-order valence-electron chi connectivity index (χ1n) is 9.80. The van der Waals surface area contributed by atoms with Gasteiger partial charge in [0.15, 0.2) is 11.5 Å². The third-order valence-electron chi connectivity index (χ3n) is 5.47. The lowest BCUT2D eigenvalue weighted by molar-refractivity contribution is -0.135. The van der Waals surface area contributed by atoms with E-state index in [9.17, 15) is 14.4 Å². The average Bonchev–Trinajstić information content (AvgIpc) is 3.25. The molecule has 30 heavy (non-hydrogen) atoms. The Bertz CT molecular complexity index is 992. The molecule has 2 N–H and O–H groups in total. The van der Waals surface area contributed by atoms with Crippen molar-refractivity contribution in [2.75, 3.05) is 26.8 Å². The third-order valence-corrected chi connectivity index (χ3v) is 5.47. The van der Waals surface area contributed by atoms with E-state index in [1.807, 2.05) is 36.4 Å². The molecule has 2 aliphatic rings. The highest BCUT2D eigenvalue weighted by molar-refractivity contribution is 6.09. The molecule has 8 nitrogen and oxygen atoms in total. The first-order chi connectivity index (χ1) is 14.5. The predicted molar refractivity (Wildman–Crippen MR) is 108 cm³/mol. The molecule has 1 heterocycles. The van der Waals surface area contributed by atoms with Crippen molar-refractivity contribution in [2.24, 2.45) is 0 Å². The van der Waals surface area contributed by atoms with Crippen LogP contribution in [0.15, 0.2) is 48.5 Å². The molecule has 0 bridgehead atoms. The van der Waals surface area contributed by atoms with Crippen molar-refractivity contribution in [3.63, 3.8) is 0 Å². The SMILES string of the molecule is COc1ccccc1OCCNC(=O)CN1C(=O)N[C@]2(CCc3ccccc32)C1=O. The number of aryl methyl sites for hydroxylation is 1. The molecule has 4 rings (SSSR count). The number of ether oxygens (including phenoxy) is 2. The maximum Gasteiger partial charge on any atom is 0.325 e. The highest BCUT2D eigenvalue weighted by Gasteiger charge is 2.55. The molecule has 4 amide bonds. The molecule has 1 atom stereocenters. The first kappa shape index (κ1) is 19.8. The van der Waals surface area contributed by atoms with E-state index in [-0.39, 0.29) is 25.6 Å². The summed E-state index contributed by atoms with van der Waals surface area (Å²) in [5, 5.41) is 5.49. The normalized spacial score (nSPS) is 19.6. The Morgan fingerprint density at radius 3 is 2.67 bits per heavy atom. The van der Waals surface area contributed by atoms with Gasteiger partial charge in [0.2, 0.25) is 5.91 Å². The number of carbonyl (C=O) groups is 3. The van der Waals surface area contributed by atoms with Gasteiger partial charge in [0, 0.05) is 0 Å². The van der Waals surface area contributed by atoms with E-state index >= 15 is 0 Å². The molecule has 0 saturated carbocycles. The summed E-state index contributed by atoms with van der Waals surface area (Å²) in [6.07, 6.45) is 1.21. The van der Waals surface area contributed by atoms with Gasteiger partial charge in [-0.25, -0.2) is 4.79 Å². The van der Waals surface area contributed by atoms with Crippen LogP contribution in [0.4, 0.5) is 4.79 Å². The van der Waals surface area contributed by atoms with Crippen molar-refractivity contribution < 1.29 is 23.9 Å². The summed E-state index contributed by atoms with van der Waals surface area (Å²) < 4.78 is 10.8. The number of nitrogens with one attached hydrogen (secondary N) is 2. The summed E-state index contributed by atoms with van der Waals surface area (Å²) in [5.74, 6) is 0.374. The van der Waals surface area contributed by atoms with Crippen LogP contribution in [0.2, 0.25) is 0 Å². The monoisotopic (exact) mass is 409 g/mol. The van der Waals surface area contributed by atoms with Crippen molar-refractivity contribution in [3.05, 3.63) is 59.7 Å². The molecule has 156 valence electrons. The number of methoxy groups -OCH3 is 1. The number of hydrogen-bond acceptors (Lipinski definition) is 5. The van der Waals surface area contributed by atoms with Crippen molar-refractivity contribution in [1.29, 1.82) is 0 Å². The molecule has 0 unspecified atom stereocenters. The molecular formula is C22H23N3O5. The van der Waals surface area contributed by atoms with Crippen LogP contribution in [-0.2, 0) is 21.5 Å². The minimum atomic E-state index is -1.05. The lowest BCUT2D eigenvalue weighted by Gasteiger charge is -2.22. The van der Waals surface area contributed by atoms with E-state index in [0.29, 0.717) is 24.3 Å². The zero-order valence-corrected chi connectivity index (χ0v) is 16.6. The Balaban J connectivity index is 1.32. The summed E-state index contributed by atoms with van der Waals surface area (Å²) in [5.41, 5.74) is 0.809. The molecule has 1 fully saturated rings. The molecule has 2 aromatic rings. The van der Waals surface area contributed by atoms with E-state index in [4.69, 9.17) is 9.47 Å². The number of hydrogen-bond donors (Lipinski definition) is 2. The molecule has 1 saturated heterocycles. The second kappa shape index (κ2) is 8.06. The number of rotatable bonds is 7. The Kier molecular flexibility index (Phi) is 5.31. The molecule has 1 spiro atoms. The molecule has 1 aliphatic heterocycles. The number of fused-ring (bicyclic) bond motifs is 2. The Morgan fingerprint density at radius 2 is 1.87 bits per heavy atom. The number of para-hydroxylation sites is 2. The van der Waals surface area contributed by atoms with Gasteiger partial charge in [-0.15, -0.1) is 0 Å². The number of amides is 4. The van der Waals surface area contributed by atoms with Crippen LogP contribution < -0.4 is 20.1 Å². The third kappa shape index (κ3) is 3.45. The molecule has 8 heteroatoms. The lowest BCUT2D eigenvalue weighted by Crippen LogP contribution is -2.44. The maximum absolute atomic E-state index is 13.0. The standard InChI is InChI=1S/C22H23N3O5/c1-29-17-8-4-5-9-18(17)30-13-12-23-19(26)14-25-20(27)22(24-21(25)28)11-10-15-6-2-3-7-16(15)22/h2-9H,10-14H2,1H3,(H,23,26)(H,24,28)/t22-/m0/s1. The largest absolute Gasteiger partial charge is 0.493 e. The Morgan fingerprint density at radius 1 is 1.13 bits per heavy atom. The van der Waals surface area contributed by atoms with Crippen LogP contribution in [0.25, 0.3) is 0 Å². The van der Waals surface area contributed by atoms with E-state index < -0.39 is 17.5 Å². The van der Waals surface area contributed by atoms with Crippen LogP contribution >= 0.6 is 0 Å². The first-order valence-corrected chi connectivity index (χ1v) is 9.80. The summed E-state index contributed by atoms with van der Waals surface area (Å²) in [6.45, 7) is 0.126. The fourth-order valence-electron chi connectivity index (χ4n) is 4.02. The van der Waals surface area contributed by atoms with Crippen molar-refractivity contribution in [1.82, 2.24) is 15.5 Å². The van der Waals surface area contributed by atoms with Gasteiger partial charge in [-0.3, -0.25) is 14.5 Å². The fraction of sp³-hybridized carbons (Fsp3) is 0.318. The van der Waals surface area contributed by atoms with Gasteiger partial charge in [0.05, 0.1) is 13.7 Å². The van der Waals surface area contributed by atoms with Gasteiger partial charge in [0.1, 0.15) is 18.7 Å². The summed E-state index contributed by atoms with van der Waals surface area (Å²) in [4.78, 5) is 38.8. The number of urea groups is 1. The Labute approximate surface area is 174 Å². The molecule has 2 aromatic carbocycles. The van der Waals surface area contributed by atoms with Crippen LogP contribution in [0.1, 0.15) is 17.5 Å². The van der Waals surface area contributed by atoms with E-state index in [0.717, 1.165) is 16.0 Å². The topological polar surface area (TPSA) is 97.0 Å². The van der Waals surface area contributed by atoms with Gasteiger partial charge < -0.3 is 20.1 Å². The maximum atomic E-state index is 13.0. The highest BCUT2D eigenvalue weighted by Crippen LogP contribution is 2.41. The van der Waals surface area contributed by atoms with Crippen molar-refractivity contribution >= 4 is 17.8 Å². The molecule has 0 radical (unpaired) electrons. The zero-order chi connectivity index (χ0) is 21.1. The minimum absolute atomic E-state index is 0.226. The fourth-order valence-corrected chi connectivity index (χ4v) is 4.02. The molecule has 1 aliphatic carbocycles. The van der Waals surface area contributed by atoms with E-state index in [2.05, 4.69) is 10.6 Å². The smallest absolute Gasteiger partial charge is 0.325 e. The predicted octanol–water partition coefficient (Wildman–Crippen LogP) is 1.58. The lowest BCUT2D eigenvalue weighted by atomic mass is 9.92. The average molecular weight is 409 g/mol. The van der Waals surface area contributed by atoms with Gasteiger partial charge in [-0.1, -0.05) is 36.4 Å². The number of benzene rings is 2. The van der Waals surface area contributed by atoms with Crippen LogP contribution in [0.5, 0.6) is 11.5 Å². The van der Waals surface area contributed by atoms with Gasteiger partial charge in [0.25, 0.3) is 5.91 Å². The quantitative estimate of drug-likeness (QED) is 0.535. The van der Waals surface area contributed by atoms with Crippen molar-refractivity contribution in [2.45, 2.75) is 18.4 Å². The summed E-state index contributed by atoms with van der Waals surface area (Å²) in [7, 11) is 1.55. The molecular weight excluding hydrogens is 386 g/mol. The second-order valence-corrected chi connectivity index (χ2v) is 7.23. The van der Waals surface area contributed by atoms with Crippen LogP contribution in [0, 0.1) is 0 Å². The summed E-state index contributed by atoms with van der Waals surface area (Å²) in [6, 6.07) is 14.2. The van der Waals surface area contributed by atoms with E-state index in [1.165, 1.54) is 0 Å². The zero-order valence-electron chi connectivity index (χ0n) is 16.6. The minimum Gasteiger partial charge on any atom is -0.493 e. The highest BCUT2D eigenvalue weighted by atomic mass is 16.5. The van der Waals surface area contributed by atoms with Crippen molar-refractivity contribution in [3.8, 4) is 11.5 Å². The van der Waals surface area contributed by atoms with Gasteiger partial charge in [-0.05, 0) is 36.1 Å². The second-order valence-electron chi connectivity index (χ2n) is 7.23. The number of nitrogens with zero attached hydrogens (tertiary/aromatic N) is 1. The number of imide groups is 1. The number of carbonyl (C=O) groups excluding carboxylic acids is 3.